The minimum atomic E-state index is -2.68. The first-order valence-electron chi connectivity index (χ1n) is 46.2. The van der Waals surface area contributed by atoms with Crippen LogP contribution in [0.3, 0.4) is 0 Å². The summed E-state index contributed by atoms with van der Waals surface area (Å²) in [5, 5.41) is 13.7. The van der Waals surface area contributed by atoms with Crippen molar-refractivity contribution in [2.45, 2.75) is 156 Å². The first-order chi connectivity index (χ1) is 69.2. The van der Waals surface area contributed by atoms with E-state index in [1.165, 1.54) is 13.2 Å². The zero-order valence-corrected chi connectivity index (χ0v) is 97.4. The van der Waals surface area contributed by atoms with Crippen molar-refractivity contribution in [3.05, 3.63) is 160 Å². The number of nitrogens with two attached hydrogens (primary N) is 5. The van der Waals surface area contributed by atoms with E-state index in [4.69, 9.17) is 166 Å². The van der Waals surface area contributed by atoms with Crippen LogP contribution < -0.4 is 43.5 Å². The Morgan fingerprint density at radius 2 is 0.510 bits per heavy atom. The summed E-state index contributed by atoms with van der Waals surface area (Å²) in [6, 6.07) is 40.5. The maximum absolute atomic E-state index is 12.5. The number of aromatic hydroxyl groups is 1. The highest BCUT2D eigenvalue weighted by Gasteiger charge is 2.41. The zero-order chi connectivity index (χ0) is 110. The highest BCUT2D eigenvalue weighted by Crippen LogP contribution is 2.36. The highest BCUT2D eigenvalue weighted by molar-refractivity contribution is 6.62. The topological polar surface area (TPSA) is 570 Å². The van der Waals surface area contributed by atoms with E-state index >= 15 is 0 Å². The summed E-state index contributed by atoms with van der Waals surface area (Å²) in [7, 11) is 12.9. The van der Waals surface area contributed by atoms with Crippen molar-refractivity contribution in [1.82, 2.24) is 35.2 Å². The van der Waals surface area contributed by atoms with Crippen LogP contribution in [0.4, 0.5) is 0 Å². The van der Waals surface area contributed by atoms with E-state index in [-0.39, 0.29) is 48.9 Å². The highest BCUT2D eigenvalue weighted by atomic mass is 28.4. The number of carbonyl (C=O) groups excluding carboxylic acids is 4. The molecule has 0 radical (unpaired) electrons. The van der Waals surface area contributed by atoms with Gasteiger partial charge < -0.3 is 133 Å². The molecule has 2 aromatic heterocycles. The number of nitrogens with zero attached hydrogens (tertiary/aromatic N) is 6. The van der Waals surface area contributed by atoms with Gasteiger partial charge in [-0.15, -0.1) is 0 Å². The quantitative estimate of drug-likeness (QED) is 0.00805. The van der Waals surface area contributed by atoms with Gasteiger partial charge in [-0.05, 0) is 185 Å². The van der Waals surface area contributed by atoms with E-state index in [1.54, 1.807) is 152 Å². The molecule has 8 rings (SSSR count). The Labute approximate surface area is 865 Å². The van der Waals surface area contributed by atoms with Gasteiger partial charge in [0.05, 0.1) is 31.9 Å². The number of phenolic OH excluding ortho intramolecular Hbond substituents is 1. The molecule has 0 spiro atoms. The number of aryl methyl sites for hydroxylation is 8. The van der Waals surface area contributed by atoms with Gasteiger partial charge in [-0.2, -0.15) is 0 Å². The number of rotatable bonds is 51. The molecule has 0 saturated heterocycles. The fourth-order valence-corrected chi connectivity index (χ4v) is 24.1. The summed E-state index contributed by atoms with van der Waals surface area (Å²) >= 11 is 0. The molecule has 1 amide bonds. The van der Waals surface area contributed by atoms with Crippen molar-refractivity contribution in [3.63, 3.8) is 0 Å². The minimum Gasteiger partial charge on any atom is -0.507 e. The van der Waals surface area contributed by atoms with Crippen molar-refractivity contribution in [1.29, 1.82) is 0 Å². The summed E-state index contributed by atoms with van der Waals surface area (Å²) in [6.45, 7) is 19.9. The zero-order valence-electron chi connectivity index (χ0n) is 89.4. The van der Waals surface area contributed by atoms with Gasteiger partial charge in [-0.1, -0.05) is 95.1 Å². The lowest BCUT2D eigenvalue weighted by Gasteiger charge is -2.24. The molecule has 0 unspecified atom stereocenters. The van der Waals surface area contributed by atoms with Crippen LogP contribution in [0.25, 0.3) is 68.3 Å². The molecular formula is C95H156N12O30Si8. The van der Waals surface area contributed by atoms with Gasteiger partial charge >= 0.3 is 89.3 Å². The summed E-state index contributed by atoms with van der Waals surface area (Å²) in [5.41, 5.74) is 40.3. The average molecular weight is 2170 g/mol. The van der Waals surface area contributed by atoms with Crippen LogP contribution in [-0.4, -0.2) is 305 Å². The Bertz CT molecular complexity index is 4780. The molecular weight excluding hydrogens is 2010 g/mol. The lowest BCUT2D eigenvalue weighted by molar-refractivity contribution is -0.144. The van der Waals surface area contributed by atoms with Gasteiger partial charge in [0, 0.05) is 211 Å². The number of hydrogen-bond acceptors (Lipinski definition) is 41. The summed E-state index contributed by atoms with van der Waals surface area (Å²) in [5.74, 6) is 1.43. The maximum Gasteiger partial charge on any atom is 0.549 e. The fraction of sp³-hybridized carbons (Fsp3) is 0.516. The van der Waals surface area contributed by atoms with Gasteiger partial charge in [-0.3, -0.25) is 37.0 Å². The van der Waals surface area contributed by atoms with Gasteiger partial charge in [0.2, 0.25) is 5.91 Å². The number of carbonyl (C=O) groups is 4. The lowest BCUT2D eigenvalue weighted by atomic mass is 10.0. The second-order valence-electron chi connectivity index (χ2n) is 31.5. The Morgan fingerprint density at radius 1 is 0.290 bits per heavy atom. The van der Waals surface area contributed by atoms with Crippen LogP contribution in [0.2, 0.25) is 36.3 Å². The SMILES string of the molecule is COC(=O)CCC(=O)Oc1ccc(-c2nc(-c3ccc(C)cc3C)nc(-c3ccc(C)cc3C)n2)c(O)c1.CO[Si](CCCN)(OC)OC.CO[Si](CCCN)(OC)OC.CO[Si](CCCN)(OC)OC.CO[Si](CCCN)(OC)OC.CO[Si](CCCN)(OC)OC.CO[Si](CCCNC(=O)CCC(=O)Oc1ccc(-c2nc(-c3ccc(C)cc3C)nc(-c3ccc(C)cc3C)n2)cc1)(OC)OC.O=[Si]=O.O=[Si]=O. The summed E-state index contributed by atoms with van der Waals surface area (Å²) in [6.07, 6.45) is 4.75. The molecule has 12 N–H and O–H groups in total. The lowest BCUT2D eigenvalue weighted by Crippen LogP contribution is -2.43. The first kappa shape index (κ1) is 136. The van der Waals surface area contributed by atoms with Crippen LogP contribution in [0.1, 0.15) is 109 Å². The van der Waals surface area contributed by atoms with E-state index in [9.17, 15) is 24.3 Å². The summed E-state index contributed by atoms with van der Waals surface area (Å²) in [4.78, 5) is 76.8. The minimum absolute atomic E-state index is 0.0194. The van der Waals surface area contributed by atoms with Crippen molar-refractivity contribution in [2.24, 2.45) is 28.7 Å². The van der Waals surface area contributed by atoms with Crippen LogP contribution in [0.5, 0.6) is 17.2 Å². The van der Waals surface area contributed by atoms with Crippen molar-refractivity contribution in [3.8, 4) is 85.6 Å². The van der Waals surface area contributed by atoms with Crippen LogP contribution in [0, 0.1) is 55.4 Å². The molecule has 0 aliphatic rings. The van der Waals surface area contributed by atoms with E-state index in [0.29, 0.717) is 92.2 Å². The van der Waals surface area contributed by atoms with E-state index < -0.39 is 89.3 Å². The molecule has 6 aromatic carbocycles. The molecule has 0 saturated carbocycles. The van der Waals surface area contributed by atoms with Crippen molar-refractivity contribution in [2.75, 3.05) is 174 Å². The standard InChI is InChI=1S/C35H42N4O6Si.C30H29N3O5.5C6H17NO3Si.2O2Si/c1-23-9-15-29(25(3)21-23)34-37-33(38-35(39-34)30-16-10-24(2)22-26(30)4)27-11-13-28(14-12-27)45-32(41)18-17-31(40)36-19-8-20-46(42-5,43-6)44-7;1-17-6-9-22(19(3)14-17)28-31-29(23-10-7-18(2)15-20(23)4)33-30(32-28)24-11-8-21(16-25(24)34)38-27(36)13-12-26(35)37-5;5*1-8-11(9-2,10-3)6-4-5-7;2*1-3-2/h9-16,21-22H,8,17-20H2,1-7H3,(H,36,40);6-11,14-16,34H,12-13H2,1-5H3;5*4-7H2,1-3H3;;. The number of hydrogen-bond donors (Lipinski definition) is 7. The van der Waals surface area contributed by atoms with E-state index in [0.717, 1.165) is 135 Å². The van der Waals surface area contributed by atoms with Gasteiger partial charge in [0.1, 0.15) is 17.2 Å². The molecule has 0 bridgehead atoms. The molecule has 0 atom stereocenters. The average Bonchev–Trinajstić information content (AvgIpc) is 0.784. The second kappa shape index (κ2) is 75.7. The predicted molar refractivity (Wildman–Crippen MR) is 563 cm³/mol. The van der Waals surface area contributed by atoms with Crippen molar-refractivity contribution >= 4 is 95.2 Å². The third kappa shape index (κ3) is 48.9. The van der Waals surface area contributed by atoms with E-state index in [1.807, 2.05) is 102 Å². The molecule has 42 nitrogen and oxygen atoms in total. The predicted octanol–water partition coefficient (Wildman–Crippen LogP) is 11.7. The molecule has 0 aliphatic heterocycles. The molecule has 50 heteroatoms. The number of aromatic nitrogens is 6. The van der Waals surface area contributed by atoms with E-state index in [2.05, 4.69) is 48.2 Å². The number of methoxy groups -OCH3 is 1. The Balaban J connectivity index is 0.00000184. The van der Waals surface area contributed by atoms with Gasteiger partial charge in [-0.25, -0.2) is 29.9 Å². The monoisotopic (exact) mass is 2170 g/mol. The molecule has 808 valence electrons. The number of phenols is 1. The largest absolute Gasteiger partial charge is 0.549 e. The Kier molecular flexibility index (Phi) is 71.0. The normalized spacial score (nSPS) is 11.1. The molecule has 0 aliphatic carbocycles. The number of esters is 3. The van der Waals surface area contributed by atoms with Crippen LogP contribution in [-0.2, 0) is 121 Å². The van der Waals surface area contributed by atoms with Gasteiger partial charge in [0.25, 0.3) is 0 Å². The smallest absolute Gasteiger partial charge is 0.507 e. The molecule has 2 heterocycles. The Morgan fingerprint density at radius 3 is 0.752 bits per heavy atom. The second-order valence-corrected chi connectivity index (χ2v) is 50.3. The van der Waals surface area contributed by atoms with Gasteiger partial charge in [0.15, 0.2) is 34.9 Å². The third-order valence-electron chi connectivity index (χ3n) is 21.9. The van der Waals surface area contributed by atoms with Crippen LogP contribution >= 0.6 is 0 Å². The number of ether oxygens (including phenoxy) is 3. The van der Waals surface area contributed by atoms with Crippen LogP contribution in [0.15, 0.2) is 115 Å². The summed E-state index contributed by atoms with van der Waals surface area (Å²) < 4.78 is 143. The number of benzene rings is 6. The fourth-order valence-electron chi connectivity index (χ4n) is 13.6. The number of nitrogens with one attached hydrogen (secondary N) is 1. The Hall–Kier alpha value is -8.96. The molecule has 0 fully saturated rings. The molecule has 8 aromatic rings. The molecule has 145 heavy (non-hydrogen) atoms. The maximum atomic E-state index is 12.5. The van der Waals surface area contributed by atoms with Crippen molar-refractivity contribution < 1.29 is 136 Å². The first-order valence-corrected chi connectivity index (χ1v) is 59.4. The number of amides is 1. The third-order valence-corrected chi connectivity index (χ3v) is 38.9.